The quantitative estimate of drug-likeness (QED) is 0.910. The number of benzene rings is 1. The number of hydrogen-bond donors (Lipinski definition) is 1. The number of rotatable bonds is 5. The van der Waals surface area contributed by atoms with Gasteiger partial charge in [-0.3, -0.25) is 9.69 Å². The highest BCUT2D eigenvalue weighted by Crippen LogP contribution is 2.24. The summed E-state index contributed by atoms with van der Waals surface area (Å²) in [4.78, 5) is 21.2. The maximum absolute atomic E-state index is 12.4. The van der Waals surface area contributed by atoms with Gasteiger partial charge in [0.2, 0.25) is 5.91 Å². The van der Waals surface area contributed by atoms with E-state index in [4.69, 9.17) is 0 Å². The van der Waals surface area contributed by atoms with Crippen molar-refractivity contribution < 1.29 is 4.79 Å². The van der Waals surface area contributed by atoms with Gasteiger partial charge in [-0.2, -0.15) is 0 Å². The predicted molar refractivity (Wildman–Crippen MR) is 102 cm³/mol. The van der Waals surface area contributed by atoms with E-state index in [1.807, 2.05) is 18.2 Å². The average molecular weight is 338 g/mol. The first-order valence-electron chi connectivity index (χ1n) is 8.83. The van der Waals surface area contributed by atoms with Crippen molar-refractivity contribution in [3.63, 3.8) is 0 Å². The molecule has 1 aromatic carbocycles. The van der Waals surface area contributed by atoms with Crippen LogP contribution in [0.15, 0.2) is 48.7 Å². The van der Waals surface area contributed by atoms with Gasteiger partial charge < -0.3 is 10.2 Å². The van der Waals surface area contributed by atoms with E-state index in [1.165, 1.54) is 11.3 Å². The largest absolute Gasteiger partial charge is 0.377 e. The Balaban J connectivity index is 1.53. The van der Waals surface area contributed by atoms with E-state index in [2.05, 4.69) is 58.5 Å². The summed E-state index contributed by atoms with van der Waals surface area (Å²) in [5.41, 5.74) is 2.60. The van der Waals surface area contributed by atoms with Crippen LogP contribution < -0.4 is 10.2 Å². The molecule has 0 radical (unpaired) electrons. The molecule has 1 aliphatic rings. The minimum absolute atomic E-state index is 0.0716. The second kappa shape index (κ2) is 8.12. The second-order valence-electron chi connectivity index (χ2n) is 6.78. The van der Waals surface area contributed by atoms with Crippen LogP contribution in [-0.2, 0) is 11.3 Å². The molecule has 25 heavy (non-hydrogen) atoms. The first kappa shape index (κ1) is 17.4. The van der Waals surface area contributed by atoms with E-state index in [9.17, 15) is 4.79 Å². The number of para-hydroxylation sites is 1. The Morgan fingerprint density at radius 3 is 2.56 bits per heavy atom. The smallest absolute Gasteiger partial charge is 0.228 e. The van der Waals surface area contributed by atoms with Gasteiger partial charge in [-0.1, -0.05) is 24.3 Å². The number of nitrogens with one attached hydrogen (secondary N) is 1. The molecular weight excluding hydrogens is 312 g/mol. The lowest BCUT2D eigenvalue weighted by Gasteiger charge is -2.32. The number of anilines is 2. The average Bonchev–Trinajstić information content (AvgIpc) is 2.63. The van der Waals surface area contributed by atoms with Crippen molar-refractivity contribution in [2.24, 2.45) is 5.92 Å². The lowest BCUT2D eigenvalue weighted by molar-refractivity contribution is -0.121. The minimum Gasteiger partial charge on any atom is -0.377 e. The number of amides is 1. The third-order valence-corrected chi connectivity index (χ3v) is 4.74. The van der Waals surface area contributed by atoms with Crippen molar-refractivity contribution in [2.75, 3.05) is 37.4 Å². The van der Waals surface area contributed by atoms with Gasteiger partial charge in [-0.15, -0.1) is 0 Å². The molecule has 1 fully saturated rings. The molecule has 2 heterocycles. The topological polar surface area (TPSA) is 48.5 Å². The summed E-state index contributed by atoms with van der Waals surface area (Å²) >= 11 is 0. The van der Waals surface area contributed by atoms with Crippen LogP contribution in [0.5, 0.6) is 0 Å². The molecule has 132 valence electrons. The summed E-state index contributed by atoms with van der Waals surface area (Å²) in [6.07, 6.45) is 3.48. The van der Waals surface area contributed by atoms with Gasteiger partial charge in [0.15, 0.2) is 0 Å². The van der Waals surface area contributed by atoms with E-state index in [0.29, 0.717) is 5.82 Å². The Morgan fingerprint density at radius 1 is 1.16 bits per heavy atom. The molecule has 0 atom stereocenters. The summed E-state index contributed by atoms with van der Waals surface area (Å²) in [5.74, 6) is 0.796. The highest BCUT2D eigenvalue weighted by Gasteiger charge is 2.25. The molecule has 5 nitrogen and oxygen atoms in total. The maximum Gasteiger partial charge on any atom is 0.228 e. The van der Waals surface area contributed by atoms with Gasteiger partial charge in [-0.25, -0.2) is 4.98 Å². The van der Waals surface area contributed by atoms with Gasteiger partial charge in [0.05, 0.1) is 0 Å². The second-order valence-corrected chi connectivity index (χ2v) is 6.78. The molecule has 1 aliphatic heterocycles. The Morgan fingerprint density at radius 2 is 1.88 bits per heavy atom. The molecule has 0 aliphatic carbocycles. The Bertz CT molecular complexity index is 694. The summed E-state index contributed by atoms with van der Waals surface area (Å²) in [6, 6.07) is 14.1. The molecular formula is C20H26N4O. The van der Waals surface area contributed by atoms with Gasteiger partial charge >= 0.3 is 0 Å². The van der Waals surface area contributed by atoms with Gasteiger partial charge in [0.1, 0.15) is 5.82 Å². The first-order chi connectivity index (χ1) is 12.1. The van der Waals surface area contributed by atoms with E-state index >= 15 is 0 Å². The van der Waals surface area contributed by atoms with Crippen LogP contribution in [0.3, 0.4) is 0 Å². The summed E-state index contributed by atoms with van der Waals surface area (Å²) < 4.78 is 0. The van der Waals surface area contributed by atoms with Crippen LogP contribution in [0.25, 0.3) is 0 Å². The Kier molecular flexibility index (Phi) is 5.66. The molecule has 1 saturated heterocycles. The minimum atomic E-state index is 0.0716. The highest BCUT2D eigenvalue weighted by atomic mass is 16.1. The fourth-order valence-corrected chi connectivity index (χ4v) is 3.34. The number of carbonyl (C=O) groups is 1. The highest BCUT2D eigenvalue weighted by molar-refractivity contribution is 5.91. The number of hydrogen-bond acceptors (Lipinski definition) is 4. The fourth-order valence-electron chi connectivity index (χ4n) is 3.34. The molecule has 2 aromatic rings. The molecule has 1 aromatic heterocycles. The number of carbonyl (C=O) groups excluding carboxylic acids is 1. The van der Waals surface area contributed by atoms with Crippen LogP contribution in [0.4, 0.5) is 11.5 Å². The van der Waals surface area contributed by atoms with Gasteiger partial charge in [-0.05, 0) is 49.7 Å². The third kappa shape index (κ3) is 4.57. The number of nitrogens with zero attached hydrogens (tertiary/aromatic N) is 3. The van der Waals surface area contributed by atoms with E-state index in [0.717, 1.165) is 32.5 Å². The molecule has 5 heteroatoms. The Hall–Kier alpha value is -2.40. The lowest BCUT2D eigenvalue weighted by atomic mass is 9.95. The molecule has 0 unspecified atom stereocenters. The zero-order chi connectivity index (χ0) is 17.6. The van der Waals surface area contributed by atoms with Crippen molar-refractivity contribution in [3.8, 4) is 0 Å². The fraction of sp³-hybridized carbons (Fsp3) is 0.400. The zero-order valence-electron chi connectivity index (χ0n) is 15.0. The summed E-state index contributed by atoms with van der Waals surface area (Å²) in [6.45, 7) is 2.83. The molecule has 0 spiro atoms. The van der Waals surface area contributed by atoms with E-state index < -0.39 is 0 Å². The molecule has 0 saturated carbocycles. The summed E-state index contributed by atoms with van der Waals surface area (Å²) in [7, 11) is 4.15. The molecule has 1 N–H and O–H groups in total. The van der Waals surface area contributed by atoms with Crippen molar-refractivity contribution in [1.82, 2.24) is 9.88 Å². The van der Waals surface area contributed by atoms with Crippen molar-refractivity contribution in [2.45, 2.75) is 19.4 Å². The number of likely N-dealkylation sites (tertiary alicyclic amines) is 1. The standard InChI is InChI=1S/C20H26N4O/c1-23(2)18-8-4-3-7-17(18)15-24-13-10-16(11-14-24)20(25)22-19-9-5-6-12-21-19/h3-9,12,16H,10-11,13-15H2,1-2H3,(H,21,22,25). The van der Waals surface area contributed by atoms with E-state index in [-0.39, 0.29) is 11.8 Å². The Labute approximate surface area is 149 Å². The molecule has 1 amide bonds. The number of pyridine rings is 1. The van der Waals surface area contributed by atoms with Crippen LogP contribution in [0.1, 0.15) is 18.4 Å². The van der Waals surface area contributed by atoms with Crippen molar-refractivity contribution >= 4 is 17.4 Å². The first-order valence-corrected chi connectivity index (χ1v) is 8.83. The SMILES string of the molecule is CN(C)c1ccccc1CN1CCC(C(=O)Nc2ccccn2)CC1. The maximum atomic E-state index is 12.4. The lowest BCUT2D eigenvalue weighted by Crippen LogP contribution is -2.38. The van der Waals surface area contributed by atoms with Crippen LogP contribution in [0.2, 0.25) is 0 Å². The van der Waals surface area contributed by atoms with Crippen LogP contribution in [0, 0.1) is 5.92 Å². The number of piperidine rings is 1. The zero-order valence-corrected chi connectivity index (χ0v) is 15.0. The monoisotopic (exact) mass is 338 g/mol. The molecule has 0 bridgehead atoms. The number of aromatic nitrogens is 1. The third-order valence-electron chi connectivity index (χ3n) is 4.74. The van der Waals surface area contributed by atoms with Crippen LogP contribution in [-0.4, -0.2) is 43.0 Å². The normalized spacial score (nSPS) is 15.8. The van der Waals surface area contributed by atoms with E-state index in [1.54, 1.807) is 6.20 Å². The van der Waals surface area contributed by atoms with Crippen LogP contribution >= 0.6 is 0 Å². The van der Waals surface area contributed by atoms with Crippen molar-refractivity contribution in [1.29, 1.82) is 0 Å². The molecule has 3 rings (SSSR count). The van der Waals surface area contributed by atoms with Crippen molar-refractivity contribution in [3.05, 3.63) is 54.2 Å². The van der Waals surface area contributed by atoms with Gasteiger partial charge in [0.25, 0.3) is 0 Å². The van der Waals surface area contributed by atoms with Gasteiger partial charge in [0, 0.05) is 38.4 Å². The predicted octanol–water partition coefficient (Wildman–Crippen LogP) is 3.00. The summed E-state index contributed by atoms with van der Waals surface area (Å²) in [5, 5.41) is 2.92.